The standard InChI is InChI=1S/C30H30N6O4S/c1-18-15-21(40-20-8-4-3-5-9-20)10-11-23(18)36-26-25-22(34-30(36)39)12-13-32-29(25)41-27(26)28(38)33-19-7-6-14-35(17-19)24(37)16-31-2/h3-5,8-13,15,19,31H,6-7,14,16-17H2,1-2H3,(H,33,38)(H,34,39). The molecule has 0 aliphatic carbocycles. The fourth-order valence-electron chi connectivity index (χ4n) is 5.38. The molecular weight excluding hydrogens is 540 g/mol. The molecule has 4 aromatic rings. The van der Waals surface area contributed by atoms with Crippen molar-refractivity contribution in [1.82, 2.24) is 20.5 Å². The van der Waals surface area contributed by atoms with Gasteiger partial charge in [0.05, 0.1) is 29.0 Å². The van der Waals surface area contributed by atoms with E-state index in [1.54, 1.807) is 29.1 Å². The SMILES string of the molecule is CNCC(=O)N1CCCC(NC(=O)c2sc3nccc4c3c2N(c2ccc(Oc3ccccc3)cc2C)C(=O)N4)C1. The van der Waals surface area contributed by atoms with Gasteiger partial charge in [-0.3, -0.25) is 14.5 Å². The minimum absolute atomic E-state index is 0.00950. The molecule has 0 bridgehead atoms. The number of piperidine rings is 1. The van der Waals surface area contributed by atoms with Crippen LogP contribution >= 0.6 is 11.3 Å². The number of para-hydroxylation sites is 1. The smallest absolute Gasteiger partial charge is 0.331 e. The third-order valence-electron chi connectivity index (χ3n) is 7.27. The number of rotatable bonds is 7. The number of aryl methyl sites for hydroxylation is 1. The molecule has 4 heterocycles. The first kappa shape index (κ1) is 26.7. The Morgan fingerprint density at radius 1 is 1.15 bits per heavy atom. The van der Waals surface area contributed by atoms with E-state index in [0.29, 0.717) is 51.4 Å². The minimum atomic E-state index is -0.362. The maximum atomic E-state index is 13.8. The summed E-state index contributed by atoms with van der Waals surface area (Å²) in [5, 5.41) is 9.71. The summed E-state index contributed by atoms with van der Waals surface area (Å²) in [5.74, 6) is 1.07. The van der Waals surface area contributed by atoms with Crippen molar-refractivity contribution >= 4 is 56.5 Å². The van der Waals surface area contributed by atoms with Gasteiger partial charge in [-0.1, -0.05) is 18.2 Å². The van der Waals surface area contributed by atoms with Crippen LogP contribution in [0.3, 0.4) is 0 Å². The number of hydrogen-bond acceptors (Lipinski definition) is 7. The Morgan fingerprint density at radius 3 is 2.76 bits per heavy atom. The third-order valence-corrected chi connectivity index (χ3v) is 8.35. The summed E-state index contributed by atoms with van der Waals surface area (Å²) in [7, 11) is 1.74. The second kappa shape index (κ2) is 11.2. The molecule has 1 unspecified atom stereocenters. The molecule has 6 rings (SSSR count). The molecule has 1 atom stereocenters. The molecule has 2 aliphatic heterocycles. The highest BCUT2D eigenvalue weighted by atomic mass is 32.1. The fraction of sp³-hybridized carbons (Fsp3) is 0.267. The van der Waals surface area contributed by atoms with Crippen LogP contribution in [0.2, 0.25) is 0 Å². The maximum Gasteiger partial charge on any atom is 0.331 e. The third kappa shape index (κ3) is 5.21. The lowest BCUT2D eigenvalue weighted by Crippen LogP contribution is -2.51. The molecule has 0 radical (unpaired) electrons. The number of nitrogens with one attached hydrogen (secondary N) is 3. The molecule has 2 aromatic heterocycles. The molecule has 2 aliphatic rings. The van der Waals surface area contributed by atoms with Crippen LogP contribution in [0, 0.1) is 6.92 Å². The Labute approximate surface area is 241 Å². The Kier molecular flexibility index (Phi) is 7.29. The number of carbonyl (C=O) groups excluding carboxylic acids is 3. The van der Waals surface area contributed by atoms with Crippen LogP contribution in [0.15, 0.2) is 60.8 Å². The highest BCUT2D eigenvalue weighted by Gasteiger charge is 2.36. The Morgan fingerprint density at radius 2 is 1.98 bits per heavy atom. The summed E-state index contributed by atoms with van der Waals surface area (Å²) in [6.45, 7) is 3.28. The number of nitrogens with zero attached hydrogens (tertiary/aromatic N) is 3. The lowest BCUT2D eigenvalue weighted by molar-refractivity contribution is -0.131. The van der Waals surface area contributed by atoms with Crippen molar-refractivity contribution in [3.63, 3.8) is 0 Å². The number of hydrogen-bond donors (Lipinski definition) is 3. The number of carbonyl (C=O) groups is 3. The lowest BCUT2D eigenvalue weighted by atomic mass is 10.0. The van der Waals surface area contributed by atoms with E-state index >= 15 is 0 Å². The van der Waals surface area contributed by atoms with E-state index in [1.807, 2.05) is 55.5 Å². The largest absolute Gasteiger partial charge is 0.457 e. The van der Waals surface area contributed by atoms with Gasteiger partial charge in [0.15, 0.2) is 0 Å². The average Bonchev–Trinajstić information content (AvgIpc) is 3.36. The van der Waals surface area contributed by atoms with Crippen molar-refractivity contribution in [1.29, 1.82) is 0 Å². The summed E-state index contributed by atoms with van der Waals surface area (Å²) in [6.07, 6.45) is 3.20. The number of pyridine rings is 1. The number of aromatic nitrogens is 1. The molecule has 210 valence electrons. The van der Waals surface area contributed by atoms with E-state index < -0.39 is 0 Å². The number of anilines is 3. The van der Waals surface area contributed by atoms with Gasteiger partial charge in [-0.25, -0.2) is 9.78 Å². The van der Waals surface area contributed by atoms with E-state index in [1.165, 1.54) is 11.3 Å². The van der Waals surface area contributed by atoms with Gasteiger partial charge in [0.25, 0.3) is 5.91 Å². The van der Waals surface area contributed by atoms with Crippen LogP contribution in [0.1, 0.15) is 28.1 Å². The summed E-state index contributed by atoms with van der Waals surface area (Å²) >= 11 is 1.25. The van der Waals surface area contributed by atoms with Crippen LogP contribution in [0.25, 0.3) is 10.2 Å². The first-order valence-corrected chi connectivity index (χ1v) is 14.3. The predicted octanol–water partition coefficient (Wildman–Crippen LogP) is 5.02. The van der Waals surface area contributed by atoms with E-state index in [9.17, 15) is 14.4 Å². The highest BCUT2D eigenvalue weighted by Crippen LogP contribution is 2.47. The van der Waals surface area contributed by atoms with Gasteiger partial charge in [-0.2, -0.15) is 0 Å². The number of ether oxygens (including phenoxy) is 1. The quantitative estimate of drug-likeness (QED) is 0.287. The van der Waals surface area contributed by atoms with Gasteiger partial charge in [0.1, 0.15) is 21.2 Å². The minimum Gasteiger partial charge on any atom is -0.457 e. The molecule has 0 saturated carbocycles. The van der Waals surface area contributed by atoms with Crippen molar-refractivity contribution < 1.29 is 19.1 Å². The van der Waals surface area contributed by atoms with Crippen LogP contribution in [0.4, 0.5) is 21.9 Å². The second-order valence-corrected chi connectivity index (χ2v) is 11.1. The zero-order chi connectivity index (χ0) is 28.5. The summed E-state index contributed by atoms with van der Waals surface area (Å²) in [4.78, 5) is 48.7. The number of likely N-dealkylation sites (tertiary alicyclic amines) is 1. The van der Waals surface area contributed by atoms with Crippen LogP contribution in [-0.4, -0.2) is 60.5 Å². The Balaban J connectivity index is 1.33. The van der Waals surface area contributed by atoms with Crippen molar-refractivity contribution in [2.45, 2.75) is 25.8 Å². The van der Waals surface area contributed by atoms with E-state index in [-0.39, 0.29) is 30.4 Å². The van der Waals surface area contributed by atoms with E-state index in [0.717, 1.165) is 23.8 Å². The molecule has 1 saturated heterocycles. The van der Waals surface area contributed by atoms with Gasteiger partial charge in [0.2, 0.25) is 5.91 Å². The Bertz CT molecular complexity index is 1640. The van der Waals surface area contributed by atoms with E-state index in [2.05, 4.69) is 20.9 Å². The van der Waals surface area contributed by atoms with Crippen LogP contribution < -0.4 is 25.6 Å². The molecule has 2 aromatic carbocycles. The molecular formula is C30H30N6O4S. The molecule has 0 spiro atoms. The molecule has 11 heteroatoms. The van der Waals surface area contributed by atoms with Gasteiger partial charge < -0.3 is 25.6 Å². The van der Waals surface area contributed by atoms with E-state index in [4.69, 9.17) is 4.74 Å². The van der Waals surface area contributed by atoms with Crippen molar-refractivity contribution in [3.8, 4) is 11.5 Å². The van der Waals surface area contributed by atoms with Crippen LogP contribution in [0.5, 0.6) is 11.5 Å². The summed E-state index contributed by atoms with van der Waals surface area (Å²) in [6, 6.07) is 16.2. The molecule has 3 N–H and O–H groups in total. The van der Waals surface area contributed by atoms with Gasteiger partial charge in [0, 0.05) is 25.3 Å². The number of thiophene rings is 1. The van der Waals surface area contributed by atoms with Crippen molar-refractivity contribution in [2.75, 3.05) is 36.9 Å². The monoisotopic (exact) mass is 570 g/mol. The van der Waals surface area contributed by atoms with Crippen molar-refractivity contribution in [2.24, 2.45) is 0 Å². The predicted molar refractivity (Wildman–Crippen MR) is 159 cm³/mol. The van der Waals surface area contributed by atoms with Crippen molar-refractivity contribution in [3.05, 3.63) is 71.2 Å². The fourth-order valence-corrected chi connectivity index (χ4v) is 6.44. The summed E-state index contributed by atoms with van der Waals surface area (Å²) in [5.41, 5.74) is 2.56. The molecule has 1 fully saturated rings. The van der Waals surface area contributed by atoms with Gasteiger partial charge in [-0.15, -0.1) is 11.3 Å². The topological polar surface area (TPSA) is 116 Å². The lowest BCUT2D eigenvalue weighted by Gasteiger charge is -2.33. The van der Waals surface area contributed by atoms with Crippen LogP contribution in [-0.2, 0) is 4.79 Å². The first-order chi connectivity index (χ1) is 19.9. The first-order valence-electron chi connectivity index (χ1n) is 13.5. The average molecular weight is 571 g/mol. The number of urea groups is 1. The number of benzene rings is 2. The zero-order valence-electron chi connectivity index (χ0n) is 22.8. The number of amides is 4. The summed E-state index contributed by atoms with van der Waals surface area (Å²) < 4.78 is 5.99. The second-order valence-electron chi connectivity index (χ2n) is 10.1. The normalized spacial score (nSPS) is 16.4. The molecule has 10 nitrogen and oxygen atoms in total. The molecule has 4 amide bonds. The van der Waals surface area contributed by atoms with Gasteiger partial charge >= 0.3 is 6.03 Å². The highest BCUT2D eigenvalue weighted by molar-refractivity contribution is 7.21. The Hall–Kier alpha value is -4.48. The maximum absolute atomic E-state index is 13.8. The number of likely N-dealkylation sites (N-methyl/N-ethyl adjacent to an activating group) is 1. The molecule has 41 heavy (non-hydrogen) atoms. The van der Waals surface area contributed by atoms with Gasteiger partial charge in [-0.05, 0) is 68.8 Å². The zero-order valence-corrected chi connectivity index (χ0v) is 23.6.